The van der Waals surface area contributed by atoms with Gasteiger partial charge in [-0.1, -0.05) is 30.3 Å². The minimum Gasteiger partial charge on any atom is -0.450 e. The lowest BCUT2D eigenvalue weighted by Gasteiger charge is -2.31. The van der Waals surface area contributed by atoms with Crippen LogP contribution in [0.15, 0.2) is 30.3 Å². The lowest BCUT2D eigenvalue weighted by molar-refractivity contribution is -0.126. The summed E-state index contributed by atoms with van der Waals surface area (Å²) in [6.07, 6.45) is 1.93. The Bertz CT molecular complexity index is 550. The number of nitrogens with one attached hydrogen (secondary N) is 1. The standard InChI is InChI=1S/C19H28N2O4/c1-2-25-19(24)21-10-6-9-17(13-21)18(23)20-12-16(14-22)11-15-7-4-3-5-8-15/h3-5,7-8,16-17,22H,2,6,9-14H2,1H3,(H,20,23)/t16-,17+/m1/s1. The molecule has 0 aliphatic carbocycles. The van der Waals surface area contributed by atoms with Crippen molar-refractivity contribution < 1.29 is 19.4 Å². The zero-order chi connectivity index (χ0) is 18.1. The van der Waals surface area contributed by atoms with E-state index in [9.17, 15) is 14.7 Å². The van der Waals surface area contributed by atoms with E-state index < -0.39 is 0 Å². The minimum atomic E-state index is -0.350. The average Bonchev–Trinajstić information content (AvgIpc) is 2.66. The highest BCUT2D eigenvalue weighted by atomic mass is 16.6. The van der Waals surface area contributed by atoms with Crippen LogP contribution in [-0.2, 0) is 16.0 Å². The molecule has 2 N–H and O–H groups in total. The van der Waals surface area contributed by atoms with E-state index >= 15 is 0 Å². The van der Waals surface area contributed by atoms with Gasteiger partial charge in [-0.05, 0) is 31.7 Å². The third kappa shape index (κ3) is 6.05. The quantitative estimate of drug-likeness (QED) is 0.788. The zero-order valence-electron chi connectivity index (χ0n) is 14.8. The Kier molecular flexibility index (Phi) is 7.73. The largest absolute Gasteiger partial charge is 0.450 e. The smallest absolute Gasteiger partial charge is 0.409 e. The number of carbonyl (C=O) groups is 2. The molecule has 138 valence electrons. The van der Waals surface area contributed by atoms with Crippen molar-refractivity contribution >= 4 is 12.0 Å². The van der Waals surface area contributed by atoms with Crippen LogP contribution in [-0.4, -0.2) is 54.9 Å². The molecule has 0 spiro atoms. The van der Waals surface area contributed by atoms with Gasteiger partial charge in [-0.25, -0.2) is 4.79 Å². The van der Waals surface area contributed by atoms with Crippen molar-refractivity contribution in [2.75, 3.05) is 32.8 Å². The highest BCUT2D eigenvalue weighted by molar-refractivity contribution is 5.80. The predicted octanol–water partition coefficient (Wildman–Crippen LogP) is 1.82. The fraction of sp³-hybridized carbons (Fsp3) is 0.579. The number of rotatable bonds is 7. The fourth-order valence-electron chi connectivity index (χ4n) is 3.11. The number of hydrogen-bond donors (Lipinski definition) is 2. The number of hydrogen-bond acceptors (Lipinski definition) is 4. The van der Waals surface area contributed by atoms with E-state index in [2.05, 4.69) is 5.32 Å². The van der Waals surface area contributed by atoms with Crippen molar-refractivity contribution in [3.63, 3.8) is 0 Å². The summed E-state index contributed by atoms with van der Waals surface area (Å²) >= 11 is 0. The van der Waals surface area contributed by atoms with Gasteiger partial charge in [0.15, 0.2) is 0 Å². The summed E-state index contributed by atoms with van der Waals surface area (Å²) in [4.78, 5) is 25.8. The molecule has 25 heavy (non-hydrogen) atoms. The van der Waals surface area contributed by atoms with Gasteiger partial charge in [0.1, 0.15) is 0 Å². The number of nitrogens with zero attached hydrogens (tertiary/aromatic N) is 1. The van der Waals surface area contributed by atoms with Gasteiger partial charge in [0.2, 0.25) is 5.91 Å². The van der Waals surface area contributed by atoms with Gasteiger partial charge in [0.25, 0.3) is 0 Å². The summed E-state index contributed by atoms with van der Waals surface area (Å²) in [5, 5.41) is 12.5. The van der Waals surface area contributed by atoms with Crippen LogP contribution in [0.4, 0.5) is 4.79 Å². The molecule has 0 radical (unpaired) electrons. The Hall–Kier alpha value is -2.08. The highest BCUT2D eigenvalue weighted by Gasteiger charge is 2.29. The van der Waals surface area contributed by atoms with Crippen molar-refractivity contribution in [2.45, 2.75) is 26.2 Å². The van der Waals surface area contributed by atoms with Gasteiger partial charge in [0, 0.05) is 32.2 Å². The molecule has 2 amide bonds. The van der Waals surface area contributed by atoms with Crippen LogP contribution in [0.3, 0.4) is 0 Å². The van der Waals surface area contributed by atoms with Gasteiger partial charge < -0.3 is 20.1 Å². The third-order valence-corrected chi connectivity index (χ3v) is 4.51. The molecule has 0 unspecified atom stereocenters. The van der Waals surface area contributed by atoms with Crippen LogP contribution in [0.2, 0.25) is 0 Å². The predicted molar refractivity (Wildman–Crippen MR) is 95.1 cm³/mol. The van der Waals surface area contributed by atoms with Gasteiger partial charge >= 0.3 is 6.09 Å². The van der Waals surface area contributed by atoms with E-state index in [1.807, 2.05) is 30.3 Å². The lowest BCUT2D eigenvalue weighted by atomic mass is 9.96. The van der Waals surface area contributed by atoms with E-state index in [0.717, 1.165) is 24.8 Å². The Morgan fingerprint density at radius 3 is 2.80 bits per heavy atom. The first-order valence-electron chi connectivity index (χ1n) is 8.98. The third-order valence-electron chi connectivity index (χ3n) is 4.51. The Balaban J connectivity index is 1.80. The van der Waals surface area contributed by atoms with Crippen molar-refractivity contribution in [1.82, 2.24) is 10.2 Å². The summed E-state index contributed by atoms with van der Waals surface area (Å²) in [5.41, 5.74) is 1.14. The van der Waals surface area contributed by atoms with Gasteiger partial charge in [-0.15, -0.1) is 0 Å². The number of likely N-dealkylation sites (tertiary alicyclic amines) is 1. The summed E-state index contributed by atoms with van der Waals surface area (Å²) in [6, 6.07) is 9.92. The number of ether oxygens (including phenoxy) is 1. The molecular weight excluding hydrogens is 320 g/mol. The molecule has 0 saturated carbocycles. The minimum absolute atomic E-state index is 0.0175. The van der Waals surface area contributed by atoms with E-state index in [1.165, 1.54) is 0 Å². The molecule has 1 aliphatic rings. The second kappa shape index (κ2) is 10.0. The average molecular weight is 348 g/mol. The van der Waals surface area contributed by atoms with Crippen molar-refractivity contribution in [3.05, 3.63) is 35.9 Å². The fourth-order valence-corrected chi connectivity index (χ4v) is 3.11. The first kappa shape index (κ1) is 19.2. The maximum absolute atomic E-state index is 12.4. The molecule has 6 heteroatoms. The zero-order valence-corrected chi connectivity index (χ0v) is 14.8. The van der Waals surface area contributed by atoms with Gasteiger partial charge in [-0.3, -0.25) is 4.79 Å². The number of aliphatic hydroxyl groups excluding tert-OH is 1. The molecule has 2 rings (SSSR count). The molecule has 1 heterocycles. The Morgan fingerprint density at radius 1 is 1.36 bits per heavy atom. The lowest BCUT2D eigenvalue weighted by Crippen LogP contribution is -2.46. The van der Waals surface area contributed by atoms with Crippen LogP contribution >= 0.6 is 0 Å². The van der Waals surface area contributed by atoms with Crippen LogP contribution in [0.5, 0.6) is 0 Å². The van der Waals surface area contributed by atoms with Crippen LogP contribution in [0.1, 0.15) is 25.3 Å². The molecule has 1 aromatic carbocycles. The van der Waals surface area contributed by atoms with E-state index in [4.69, 9.17) is 4.74 Å². The molecule has 1 aromatic rings. The molecule has 0 aromatic heterocycles. The summed E-state index contributed by atoms with van der Waals surface area (Å²) in [7, 11) is 0. The van der Waals surface area contributed by atoms with E-state index in [0.29, 0.717) is 26.2 Å². The van der Waals surface area contributed by atoms with Gasteiger partial charge in [0.05, 0.1) is 12.5 Å². The van der Waals surface area contributed by atoms with Crippen molar-refractivity contribution in [2.24, 2.45) is 11.8 Å². The first-order chi connectivity index (χ1) is 12.1. The molecule has 1 aliphatic heterocycles. The number of piperidine rings is 1. The summed E-state index contributed by atoms with van der Waals surface area (Å²) in [5.74, 6) is -0.286. The summed E-state index contributed by atoms with van der Waals surface area (Å²) < 4.78 is 5.01. The second-order valence-electron chi connectivity index (χ2n) is 6.47. The molecule has 1 fully saturated rings. The molecule has 1 saturated heterocycles. The van der Waals surface area contributed by atoms with Crippen LogP contribution in [0, 0.1) is 11.8 Å². The Morgan fingerprint density at radius 2 is 2.12 bits per heavy atom. The monoisotopic (exact) mass is 348 g/mol. The van der Waals surface area contributed by atoms with E-state index in [1.54, 1.807) is 11.8 Å². The maximum Gasteiger partial charge on any atom is 0.409 e. The SMILES string of the molecule is CCOC(=O)N1CCC[C@H](C(=O)NC[C@H](CO)Cc2ccccc2)C1. The maximum atomic E-state index is 12.4. The Labute approximate surface area is 149 Å². The van der Waals surface area contributed by atoms with Crippen molar-refractivity contribution in [3.8, 4) is 0 Å². The number of aliphatic hydroxyl groups is 1. The van der Waals surface area contributed by atoms with Crippen LogP contribution in [0.25, 0.3) is 0 Å². The van der Waals surface area contributed by atoms with Crippen LogP contribution < -0.4 is 5.32 Å². The molecule has 2 atom stereocenters. The molecule has 6 nitrogen and oxygen atoms in total. The van der Waals surface area contributed by atoms with E-state index in [-0.39, 0.29) is 30.4 Å². The number of benzene rings is 1. The summed E-state index contributed by atoms with van der Waals surface area (Å²) in [6.45, 7) is 3.59. The van der Waals surface area contributed by atoms with Crippen molar-refractivity contribution in [1.29, 1.82) is 0 Å². The number of amides is 2. The highest BCUT2D eigenvalue weighted by Crippen LogP contribution is 2.18. The van der Waals surface area contributed by atoms with Gasteiger partial charge in [-0.2, -0.15) is 0 Å². The normalized spacial score (nSPS) is 18.5. The molecule has 0 bridgehead atoms. The second-order valence-corrected chi connectivity index (χ2v) is 6.47. The first-order valence-corrected chi connectivity index (χ1v) is 8.98. The number of carbonyl (C=O) groups excluding carboxylic acids is 2. The topological polar surface area (TPSA) is 78.9 Å². The molecular formula is C19H28N2O4.